The Balaban J connectivity index is 1.27. The van der Waals surface area contributed by atoms with Gasteiger partial charge in [-0.15, -0.1) is 0 Å². The first-order valence-electron chi connectivity index (χ1n) is 10.7. The molecular weight excluding hydrogens is 340 g/mol. The van der Waals surface area contributed by atoms with Crippen molar-refractivity contribution in [3.05, 3.63) is 23.3 Å². The summed E-state index contributed by atoms with van der Waals surface area (Å²) in [6, 6.07) is 0.669. The topological polar surface area (TPSA) is 82.2 Å². The summed E-state index contributed by atoms with van der Waals surface area (Å²) in [7, 11) is 0. The van der Waals surface area contributed by atoms with Crippen molar-refractivity contribution in [2.75, 3.05) is 13.1 Å². The summed E-state index contributed by atoms with van der Waals surface area (Å²) in [6.07, 6.45) is 11.2. The van der Waals surface area contributed by atoms with E-state index >= 15 is 0 Å². The molecule has 3 aliphatic heterocycles. The van der Waals surface area contributed by atoms with Gasteiger partial charge in [-0.3, -0.25) is 10.2 Å². The van der Waals surface area contributed by atoms with E-state index in [9.17, 15) is 4.79 Å². The molecule has 4 aliphatic rings. The van der Waals surface area contributed by atoms with Crippen molar-refractivity contribution in [2.24, 2.45) is 5.92 Å². The highest BCUT2D eigenvalue weighted by Gasteiger charge is 2.43. The lowest BCUT2D eigenvalue weighted by Gasteiger charge is -2.33. The van der Waals surface area contributed by atoms with Gasteiger partial charge >= 0.3 is 0 Å². The van der Waals surface area contributed by atoms with E-state index in [4.69, 9.17) is 4.98 Å². The molecule has 1 amide bonds. The summed E-state index contributed by atoms with van der Waals surface area (Å²) in [5.74, 6) is 1.60. The zero-order valence-corrected chi connectivity index (χ0v) is 15.9. The first kappa shape index (κ1) is 17.5. The Morgan fingerprint density at radius 1 is 1.11 bits per heavy atom. The first-order valence-corrected chi connectivity index (χ1v) is 10.7. The second-order valence-electron chi connectivity index (χ2n) is 8.53. The van der Waals surface area contributed by atoms with E-state index in [1.807, 2.05) is 11.1 Å². The molecule has 0 spiro atoms. The van der Waals surface area contributed by atoms with Crippen LogP contribution in [-0.2, 0) is 17.8 Å². The van der Waals surface area contributed by atoms with Gasteiger partial charge in [0.25, 0.3) is 0 Å². The van der Waals surface area contributed by atoms with Crippen molar-refractivity contribution in [1.29, 1.82) is 0 Å². The van der Waals surface area contributed by atoms with Crippen LogP contribution in [0.1, 0.15) is 68.1 Å². The van der Waals surface area contributed by atoms with Gasteiger partial charge in [0.05, 0.1) is 11.7 Å². The maximum atomic E-state index is 13.2. The van der Waals surface area contributed by atoms with Crippen molar-refractivity contribution in [1.82, 2.24) is 31.0 Å². The standard InChI is InChI=1S/C20H30N6O/c27-20(18-14-5-1-2-6-16(14)24-25-18)26-10-8-15-13(12-26)11-22-19(23-15)17-7-3-4-9-21-17/h11,14,16-18,21,24-25H,1-10,12H2. The summed E-state index contributed by atoms with van der Waals surface area (Å²) < 4.78 is 0. The molecule has 4 atom stereocenters. The van der Waals surface area contributed by atoms with Crippen LogP contribution in [0.3, 0.4) is 0 Å². The van der Waals surface area contributed by atoms with E-state index in [0.29, 0.717) is 24.5 Å². The fourth-order valence-electron chi connectivity index (χ4n) is 5.24. The third kappa shape index (κ3) is 3.37. The molecule has 0 bridgehead atoms. The monoisotopic (exact) mass is 370 g/mol. The van der Waals surface area contributed by atoms with Crippen LogP contribution in [-0.4, -0.2) is 45.9 Å². The van der Waals surface area contributed by atoms with Crippen LogP contribution in [0.25, 0.3) is 0 Å². The second kappa shape index (κ2) is 7.45. The van der Waals surface area contributed by atoms with E-state index in [0.717, 1.165) is 49.4 Å². The summed E-state index contributed by atoms with van der Waals surface area (Å²) in [5, 5.41) is 3.53. The predicted molar refractivity (Wildman–Crippen MR) is 102 cm³/mol. The van der Waals surface area contributed by atoms with Crippen molar-refractivity contribution in [2.45, 2.75) is 76.0 Å². The zero-order chi connectivity index (χ0) is 18.2. The summed E-state index contributed by atoms with van der Waals surface area (Å²) in [4.78, 5) is 24.6. The van der Waals surface area contributed by atoms with Gasteiger partial charge in [-0.2, -0.15) is 0 Å². The van der Waals surface area contributed by atoms with Gasteiger partial charge < -0.3 is 10.2 Å². The smallest absolute Gasteiger partial charge is 0.241 e. The van der Waals surface area contributed by atoms with Gasteiger partial charge in [0.1, 0.15) is 11.9 Å². The Labute approximate surface area is 160 Å². The third-order valence-corrected chi connectivity index (χ3v) is 6.82. The largest absolute Gasteiger partial charge is 0.336 e. The normalized spacial score (nSPS) is 33.4. The number of hydrogen-bond donors (Lipinski definition) is 3. The minimum absolute atomic E-state index is 0.0801. The molecular formula is C20H30N6O. The van der Waals surface area contributed by atoms with Gasteiger partial charge in [0, 0.05) is 43.2 Å². The lowest BCUT2D eigenvalue weighted by molar-refractivity contribution is -0.135. The average Bonchev–Trinajstić information content (AvgIpc) is 3.17. The summed E-state index contributed by atoms with van der Waals surface area (Å²) >= 11 is 0. The van der Waals surface area contributed by atoms with Gasteiger partial charge in [-0.05, 0) is 32.2 Å². The van der Waals surface area contributed by atoms with Crippen LogP contribution in [0.15, 0.2) is 6.20 Å². The number of amides is 1. The fourth-order valence-corrected chi connectivity index (χ4v) is 5.24. The number of nitrogens with zero attached hydrogens (tertiary/aromatic N) is 3. The molecule has 4 heterocycles. The fraction of sp³-hybridized carbons (Fsp3) is 0.750. The van der Waals surface area contributed by atoms with Crippen LogP contribution in [0.4, 0.5) is 0 Å². The number of hydrazine groups is 1. The molecule has 1 saturated carbocycles. The molecule has 1 aromatic rings. The van der Waals surface area contributed by atoms with Gasteiger partial charge in [0.2, 0.25) is 5.91 Å². The van der Waals surface area contributed by atoms with Crippen molar-refractivity contribution < 1.29 is 4.79 Å². The molecule has 7 nitrogen and oxygen atoms in total. The van der Waals surface area contributed by atoms with Crippen LogP contribution >= 0.6 is 0 Å². The molecule has 2 saturated heterocycles. The number of piperidine rings is 1. The number of nitrogens with one attached hydrogen (secondary N) is 3. The van der Waals surface area contributed by atoms with Crippen LogP contribution < -0.4 is 16.2 Å². The molecule has 27 heavy (non-hydrogen) atoms. The van der Waals surface area contributed by atoms with E-state index in [2.05, 4.69) is 21.2 Å². The molecule has 1 aromatic heterocycles. The van der Waals surface area contributed by atoms with Crippen molar-refractivity contribution >= 4 is 5.91 Å². The van der Waals surface area contributed by atoms with Crippen LogP contribution in [0, 0.1) is 5.92 Å². The highest BCUT2D eigenvalue weighted by Crippen LogP contribution is 2.31. The first-order chi connectivity index (χ1) is 13.3. The third-order valence-electron chi connectivity index (χ3n) is 6.82. The van der Waals surface area contributed by atoms with Gasteiger partial charge in [-0.1, -0.05) is 19.3 Å². The molecule has 146 valence electrons. The van der Waals surface area contributed by atoms with Crippen LogP contribution in [0.2, 0.25) is 0 Å². The van der Waals surface area contributed by atoms with E-state index < -0.39 is 0 Å². The highest BCUT2D eigenvalue weighted by atomic mass is 16.2. The molecule has 3 fully saturated rings. The maximum Gasteiger partial charge on any atom is 0.241 e. The molecule has 7 heteroatoms. The number of carbonyl (C=O) groups is 1. The Hall–Kier alpha value is -1.57. The Morgan fingerprint density at radius 3 is 2.89 bits per heavy atom. The highest BCUT2D eigenvalue weighted by molar-refractivity contribution is 5.83. The van der Waals surface area contributed by atoms with Crippen molar-refractivity contribution in [3.63, 3.8) is 0 Å². The SMILES string of the molecule is O=C(C1NNC2CCCCC21)N1CCc2nc(C3CCCCN3)ncc2C1. The van der Waals surface area contributed by atoms with E-state index in [-0.39, 0.29) is 11.9 Å². The van der Waals surface area contributed by atoms with E-state index in [1.54, 1.807) is 0 Å². The minimum Gasteiger partial charge on any atom is -0.336 e. The average molecular weight is 371 g/mol. The van der Waals surface area contributed by atoms with Crippen LogP contribution in [0.5, 0.6) is 0 Å². The summed E-state index contributed by atoms with van der Waals surface area (Å²) in [5.41, 5.74) is 8.89. The van der Waals surface area contributed by atoms with Gasteiger partial charge in [0.15, 0.2) is 0 Å². The molecule has 4 unspecified atom stereocenters. The number of rotatable bonds is 2. The number of aromatic nitrogens is 2. The van der Waals surface area contributed by atoms with Gasteiger partial charge in [-0.25, -0.2) is 15.4 Å². The summed E-state index contributed by atoms with van der Waals surface area (Å²) in [6.45, 7) is 2.45. The lowest BCUT2D eigenvalue weighted by Crippen LogP contribution is -2.49. The molecule has 5 rings (SSSR count). The van der Waals surface area contributed by atoms with E-state index in [1.165, 1.54) is 32.1 Å². The Kier molecular flexibility index (Phi) is 4.83. The second-order valence-corrected chi connectivity index (χ2v) is 8.53. The molecule has 3 N–H and O–H groups in total. The molecule has 0 aromatic carbocycles. The quantitative estimate of drug-likeness (QED) is 0.726. The Bertz CT molecular complexity index is 704. The zero-order valence-electron chi connectivity index (χ0n) is 15.9. The number of hydrogen-bond acceptors (Lipinski definition) is 6. The molecule has 1 aliphatic carbocycles. The number of carbonyl (C=O) groups excluding carboxylic acids is 1. The Morgan fingerprint density at radius 2 is 2.00 bits per heavy atom. The lowest BCUT2D eigenvalue weighted by atomic mass is 9.81. The van der Waals surface area contributed by atoms with Crippen molar-refractivity contribution in [3.8, 4) is 0 Å². The number of fused-ring (bicyclic) bond motifs is 2. The predicted octanol–water partition coefficient (Wildman–Crippen LogP) is 1.21. The minimum atomic E-state index is -0.0801. The molecule has 0 radical (unpaired) electrons. The maximum absolute atomic E-state index is 13.2.